The van der Waals surface area contributed by atoms with Gasteiger partial charge in [-0.25, -0.2) is 0 Å². The van der Waals surface area contributed by atoms with Gasteiger partial charge in [0.2, 0.25) is 5.91 Å². The second-order valence-corrected chi connectivity index (χ2v) is 5.87. The number of carbonyl (C=O) groups is 1. The van der Waals surface area contributed by atoms with Gasteiger partial charge in [-0.3, -0.25) is 4.79 Å². The van der Waals surface area contributed by atoms with Crippen molar-refractivity contribution in [3.63, 3.8) is 0 Å². The minimum atomic E-state index is -1.02. The summed E-state index contributed by atoms with van der Waals surface area (Å²) in [6.45, 7) is 1.27. The summed E-state index contributed by atoms with van der Waals surface area (Å²) in [6.07, 6.45) is -1.92. The Kier molecular flexibility index (Phi) is 7.92. The van der Waals surface area contributed by atoms with E-state index in [1.54, 1.807) is 0 Å². The predicted octanol–water partition coefficient (Wildman–Crippen LogP) is 3.10. The van der Waals surface area contributed by atoms with Crippen LogP contribution in [0.4, 0.5) is 0 Å². The standard InChI is InChI=1S/C15H18N10O3/c1-9(26)20-14-13(22-25-18)12(21-24-17)11(7-19-23-16)28-15(14)27-8-10-5-3-2-4-6-10/h2-6,11-15H,7-8H2,1H3,(H,20,26)/t11?,12?,13?,14?,15-/m1/s1. The number of hydrogen-bond acceptors (Lipinski definition) is 6. The van der Waals surface area contributed by atoms with E-state index >= 15 is 0 Å². The topological polar surface area (TPSA) is 194 Å². The SMILES string of the molecule is CC(=O)NC1C(N=[N+]=[N-])C(N=[N+]=[N-])C(CN=[N+]=[N-])O[C@H]1OCc1ccccc1. The van der Waals surface area contributed by atoms with Crippen molar-refractivity contribution in [2.24, 2.45) is 15.3 Å². The zero-order valence-electron chi connectivity index (χ0n) is 14.9. The summed E-state index contributed by atoms with van der Waals surface area (Å²) in [6, 6.07) is 6.34. The molecule has 1 amide bonds. The average molecular weight is 386 g/mol. The molecule has 0 aromatic heterocycles. The lowest BCUT2D eigenvalue weighted by Gasteiger charge is -2.43. The van der Waals surface area contributed by atoms with E-state index in [1.165, 1.54) is 6.92 Å². The molecule has 0 spiro atoms. The van der Waals surface area contributed by atoms with Gasteiger partial charge in [0, 0.05) is 21.7 Å². The van der Waals surface area contributed by atoms with E-state index in [2.05, 4.69) is 35.4 Å². The van der Waals surface area contributed by atoms with Crippen molar-refractivity contribution in [1.29, 1.82) is 0 Å². The molecule has 0 radical (unpaired) electrons. The highest BCUT2D eigenvalue weighted by molar-refractivity contribution is 5.73. The van der Waals surface area contributed by atoms with Crippen LogP contribution < -0.4 is 5.32 Å². The third kappa shape index (κ3) is 5.52. The molecule has 0 saturated carbocycles. The fourth-order valence-electron chi connectivity index (χ4n) is 2.88. The molecule has 28 heavy (non-hydrogen) atoms. The normalized spacial score (nSPS) is 26.1. The fourth-order valence-corrected chi connectivity index (χ4v) is 2.88. The summed E-state index contributed by atoms with van der Waals surface area (Å²) in [5, 5.41) is 13.4. The smallest absolute Gasteiger partial charge is 0.217 e. The molecule has 1 saturated heterocycles. The van der Waals surface area contributed by atoms with Crippen LogP contribution in [0.2, 0.25) is 0 Å². The number of hydrogen-bond donors (Lipinski definition) is 1. The molecular weight excluding hydrogens is 368 g/mol. The molecule has 2 rings (SSSR count). The highest BCUT2D eigenvalue weighted by atomic mass is 16.7. The summed E-state index contributed by atoms with van der Waals surface area (Å²) in [7, 11) is 0. The Morgan fingerprint density at radius 2 is 1.82 bits per heavy atom. The first kappa shape index (κ1) is 20.8. The van der Waals surface area contributed by atoms with Gasteiger partial charge in [-0.1, -0.05) is 45.7 Å². The molecule has 1 aromatic rings. The highest BCUT2D eigenvalue weighted by Gasteiger charge is 2.46. The Labute approximate surface area is 159 Å². The molecule has 1 N–H and O–H groups in total. The number of rotatable bonds is 8. The monoisotopic (exact) mass is 386 g/mol. The summed E-state index contributed by atoms with van der Waals surface area (Å²) >= 11 is 0. The lowest BCUT2D eigenvalue weighted by Crippen LogP contribution is -2.63. The summed E-state index contributed by atoms with van der Waals surface area (Å²) in [5.74, 6) is -0.409. The summed E-state index contributed by atoms with van der Waals surface area (Å²) < 4.78 is 11.6. The molecule has 1 fully saturated rings. The number of amides is 1. The van der Waals surface area contributed by atoms with E-state index in [1.807, 2.05) is 30.3 Å². The molecule has 0 aliphatic carbocycles. The fraction of sp³-hybridized carbons (Fsp3) is 0.533. The van der Waals surface area contributed by atoms with Crippen LogP contribution in [0, 0.1) is 0 Å². The van der Waals surface area contributed by atoms with Crippen LogP contribution in [0.25, 0.3) is 31.3 Å². The number of nitrogens with one attached hydrogen (secondary N) is 1. The zero-order valence-corrected chi connectivity index (χ0v) is 14.9. The van der Waals surface area contributed by atoms with Crippen molar-refractivity contribution >= 4 is 5.91 Å². The number of nitrogens with zero attached hydrogens (tertiary/aromatic N) is 9. The van der Waals surface area contributed by atoms with Crippen LogP contribution >= 0.6 is 0 Å². The molecule has 146 valence electrons. The largest absolute Gasteiger partial charge is 0.348 e. The van der Waals surface area contributed by atoms with Gasteiger partial charge in [0.15, 0.2) is 6.29 Å². The van der Waals surface area contributed by atoms with Crippen LogP contribution in [0.1, 0.15) is 12.5 Å². The number of azide groups is 3. The Morgan fingerprint density at radius 1 is 1.14 bits per heavy atom. The van der Waals surface area contributed by atoms with E-state index in [-0.39, 0.29) is 13.2 Å². The van der Waals surface area contributed by atoms with Crippen molar-refractivity contribution in [3.05, 3.63) is 67.2 Å². The van der Waals surface area contributed by atoms with Gasteiger partial charge in [0.25, 0.3) is 0 Å². The van der Waals surface area contributed by atoms with E-state index in [9.17, 15) is 4.79 Å². The Bertz CT molecular complexity index is 815. The van der Waals surface area contributed by atoms with E-state index in [0.717, 1.165) is 5.56 Å². The second-order valence-electron chi connectivity index (χ2n) is 5.87. The average Bonchev–Trinajstić information content (AvgIpc) is 2.69. The van der Waals surface area contributed by atoms with Gasteiger partial charge in [-0.15, -0.1) is 0 Å². The zero-order chi connectivity index (χ0) is 20.4. The van der Waals surface area contributed by atoms with Crippen molar-refractivity contribution in [1.82, 2.24) is 5.32 Å². The third-order valence-corrected chi connectivity index (χ3v) is 4.02. The van der Waals surface area contributed by atoms with Gasteiger partial charge in [0.05, 0.1) is 37.4 Å². The molecule has 0 bridgehead atoms. The van der Waals surface area contributed by atoms with Crippen LogP contribution in [0.3, 0.4) is 0 Å². The van der Waals surface area contributed by atoms with E-state index in [4.69, 9.17) is 26.1 Å². The van der Waals surface area contributed by atoms with Crippen molar-refractivity contribution in [2.75, 3.05) is 6.54 Å². The molecule has 13 heteroatoms. The van der Waals surface area contributed by atoms with Crippen LogP contribution in [-0.4, -0.2) is 43.0 Å². The Balaban J connectivity index is 2.34. The van der Waals surface area contributed by atoms with Crippen molar-refractivity contribution < 1.29 is 14.3 Å². The second kappa shape index (κ2) is 10.6. The Hall–Kier alpha value is -3.46. The number of carbonyl (C=O) groups excluding carboxylic acids is 1. The minimum absolute atomic E-state index is 0.158. The first-order chi connectivity index (χ1) is 13.6. The van der Waals surface area contributed by atoms with Crippen LogP contribution in [0.15, 0.2) is 45.7 Å². The van der Waals surface area contributed by atoms with Gasteiger partial charge in [-0.05, 0) is 22.2 Å². The van der Waals surface area contributed by atoms with Gasteiger partial charge in [-0.2, -0.15) is 0 Å². The van der Waals surface area contributed by atoms with E-state index < -0.39 is 36.4 Å². The molecule has 1 heterocycles. The first-order valence-electron chi connectivity index (χ1n) is 8.28. The molecule has 13 nitrogen and oxygen atoms in total. The maximum Gasteiger partial charge on any atom is 0.217 e. The minimum Gasteiger partial charge on any atom is -0.348 e. The predicted molar refractivity (Wildman–Crippen MR) is 97.4 cm³/mol. The molecule has 1 aliphatic rings. The Morgan fingerprint density at radius 3 is 2.43 bits per heavy atom. The van der Waals surface area contributed by atoms with Gasteiger partial charge >= 0.3 is 0 Å². The molecule has 1 aliphatic heterocycles. The van der Waals surface area contributed by atoms with Crippen molar-refractivity contribution in [3.8, 4) is 0 Å². The first-order valence-corrected chi connectivity index (χ1v) is 8.28. The van der Waals surface area contributed by atoms with Gasteiger partial charge in [0.1, 0.15) is 0 Å². The summed E-state index contributed by atoms with van der Waals surface area (Å²) in [4.78, 5) is 19.9. The number of ether oxygens (including phenoxy) is 2. The van der Waals surface area contributed by atoms with Crippen LogP contribution in [0.5, 0.6) is 0 Å². The third-order valence-electron chi connectivity index (χ3n) is 4.02. The van der Waals surface area contributed by atoms with Crippen molar-refractivity contribution in [2.45, 2.75) is 44.1 Å². The maximum absolute atomic E-state index is 11.7. The molecule has 1 aromatic carbocycles. The van der Waals surface area contributed by atoms with E-state index in [0.29, 0.717) is 0 Å². The lowest BCUT2D eigenvalue weighted by molar-refractivity contribution is -0.219. The highest BCUT2D eigenvalue weighted by Crippen LogP contribution is 2.28. The molecule has 4 unspecified atom stereocenters. The lowest BCUT2D eigenvalue weighted by atomic mass is 9.92. The van der Waals surface area contributed by atoms with Crippen LogP contribution in [-0.2, 0) is 20.9 Å². The quantitative estimate of drug-likeness (QED) is 0.408. The molecule has 5 atom stereocenters. The maximum atomic E-state index is 11.7. The summed E-state index contributed by atoms with van der Waals surface area (Å²) in [5.41, 5.74) is 27.3. The molecular formula is C15H18N10O3. The number of benzene rings is 1. The van der Waals surface area contributed by atoms with Gasteiger partial charge < -0.3 is 14.8 Å².